The van der Waals surface area contributed by atoms with Gasteiger partial charge in [0.15, 0.2) is 0 Å². The quantitative estimate of drug-likeness (QED) is 0.873. The zero-order chi connectivity index (χ0) is 19.6. The maximum absolute atomic E-state index is 11.5. The van der Waals surface area contributed by atoms with Crippen molar-refractivity contribution in [1.82, 2.24) is 0 Å². The molecular formula is C20H23N3O3S. The summed E-state index contributed by atoms with van der Waals surface area (Å²) in [6, 6.07) is 12.6. The van der Waals surface area contributed by atoms with Gasteiger partial charge in [-0.05, 0) is 43.2 Å². The molecule has 0 bridgehead atoms. The lowest BCUT2D eigenvalue weighted by Gasteiger charge is -2.34. The van der Waals surface area contributed by atoms with Crippen molar-refractivity contribution in [1.29, 1.82) is 5.26 Å². The monoisotopic (exact) mass is 385 g/mol. The van der Waals surface area contributed by atoms with Crippen molar-refractivity contribution in [2.75, 3.05) is 18.0 Å². The van der Waals surface area contributed by atoms with Crippen LogP contribution in [0.3, 0.4) is 0 Å². The van der Waals surface area contributed by atoms with Gasteiger partial charge in [0, 0.05) is 25.9 Å². The maximum Gasteiger partial charge on any atom is 0.238 e. The summed E-state index contributed by atoms with van der Waals surface area (Å²) < 4.78 is 29.2. The van der Waals surface area contributed by atoms with Gasteiger partial charge in [-0.25, -0.2) is 13.6 Å². The predicted molar refractivity (Wildman–Crippen MR) is 104 cm³/mol. The Labute approximate surface area is 160 Å². The number of benzene rings is 2. The van der Waals surface area contributed by atoms with E-state index in [9.17, 15) is 13.7 Å². The summed E-state index contributed by atoms with van der Waals surface area (Å²) in [6.07, 6.45) is 1.78. The number of aryl methyl sites for hydroxylation is 2. The summed E-state index contributed by atoms with van der Waals surface area (Å²) in [6.45, 7) is 5.56. The van der Waals surface area contributed by atoms with Crippen LogP contribution in [-0.4, -0.2) is 27.6 Å². The average Bonchev–Trinajstić information content (AvgIpc) is 2.64. The summed E-state index contributed by atoms with van der Waals surface area (Å²) in [5.74, 6) is 0.950. The SMILES string of the molecule is Cc1cccc(C)c1OC1CCN(c2ccc(S(N)(=O)=O)cc2C#N)CC1. The first kappa shape index (κ1) is 19.2. The molecule has 0 aromatic heterocycles. The van der Waals surface area contributed by atoms with Gasteiger partial charge >= 0.3 is 0 Å². The molecule has 0 unspecified atom stereocenters. The van der Waals surface area contributed by atoms with E-state index in [2.05, 4.69) is 11.0 Å². The molecule has 6 nitrogen and oxygen atoms in total. The number of hydrogen-bond acceptors (Lipinski definition) is 5. The van der Waals surface area contributed by atoms with Crippen molar-refractivity contribution in [3.05, 3.63) is 53.1 Å². The largest absolute Gasteiger partial charge is 0.490 e. The Morgan fingerprint density at radius 2 is 1.78 bits per heavy atom. The van der Waals surface area contributed by atoms with Crippen molar-refractivity contribution in [3.63, 3.8) is 0 Å². The fourth-order valence-corrected chi connectivity index (χ4v) is 3.96. The second kappa shape index (κ2) is 7.59. The lowest BCUT2D eigenvalue weighted by atomic mass is 10.0. The fraction of sp³-hybridized carbons (Fsp3) is 0.350. The molecule has 142 valence electrons. The number of para-hydroxylation sites is 1. The minimum Gasteiger partial charge on any atom is -0.490 e. The minimum atomic E-state index is -3.82. The van der Waals surface area contributed by atoms with Crippen molar-refractivity contribution in [3.8, 4) is 11.8 Å². The summed E-state index contributed by atoms with van der Waals surface area (Å²) in [7, 11) is -3.82. The molecule has 1 aliphatic heterocycles. The lowest BCUT2D eigenvalue weighted by molar-refractivity contribution is 0.168. The molecule has 27 heavy (non-hydrogen) atoms. The second-order valence-electron chi connectivity index (χ2n) is 6.86. The number of piperidine rings is 1. The van der Waals surface area contributed by atoms with Gasteiger partial charge in [0.1, 0.15) is 17.9 Å². The van der Waals surface area contributed by atoms with E-state index in [-0.39, 0.29) is 11.0 Å². The van der Waals surface area contributed by atoms with E-state index in [0.29, 0.717) is 5.56 Å². The van der Waals surface area contributed by atoms with Crippen LogP contribution in [0.1, 0.15) is 29.5 Å². The second-order valence-corrected chi connectivity index (χ2v) is 8.42. The van der Waals surface area contributed by atoms with E-state index in [4.69, 9.17) is 9.88 Å². The van der Waals surface area contributed by atoms with Gasteiger partial charge in [0.25, 0.3) is 0 Å². The molecule has 0 radical (unpaired) electrons. The highest BCUT2D eigenvalue weighted by molar-refractivity contribution is 7.89. The third-order valence-electron chi connectivity index (χ3n) is 4.89. The molecule has 2 N–H and O–H groups in total. The van der Waals surface area contributed by atoms with Crippen LogP contribution < -0.4 is 14.8 Å². The molecule has 2 aromatic rings. The average molecular weight is 385 g/mol. The molecule has 1 aliphatic rings. The summed E-state index contributed by atoms with van der Waals surface area (Å²) in [5, 5.41) is 14.6. The summed E-state index contributed by atoms with van der Waals surface area (Å²) in [4.78, 5) is 2.05. The van der Waals surface area contributed by atoms with E-state index in [0.717, 1.165) is 48.5 Å². The smallest absolute Gasteiger partial charge is 0.238 e. The highest BCUT2D eigenvalue weighted by Gasteiger charge is 2.24. The Bertz CT molecular complexity index is 968. The Kier molecular flexibility index (Phi) is 5.40. The number of sulfonamides is 1. The lowest BCUT2D eigenvalue weighted by Crippen LogP contribution is -2.38. The van der Waals surface area contributed by atoms with E-state index in [1.165, 1.54) is 12.1 Å². The van der Waals surface area contributed by atoms with Gasteiger partial charge in [-0.15, -0.1) is 0 Å². The van der Waals surface area contributed by atoms with E-state index >= 15 is 0 Å². The van der Waals surface area contributed by atoms with Gasteiger partial charge in [0.05, 0.1) is 16.1 Å². The Hall–Kier alpha value is -2.56. The van der Waals surface area contributed by atoms with Crippen LogP contribution in [0.25, 0.3) is 0 Å². The number of ether oxygens (including phenoxy) is 1. The molecule has 1 saturated heterocycles. The third-order valence-corrected chi connectivity index (χ3v) is 5.80. The Morgan fingerprint density at radius 3 is 2.33 bits per heavy atom. The molecule has 2 aromatic carbocycles. The first-order valence-corrected chi connectivity index (χ1v) is 10.4. The van der Waals surface area contributed by atoms with Gasteiger partial charge in [-0.2, -0.15) is 5.26 Å². The molecule has 0 amide bonds. The van der Waals surface area contributed by atoms with E-state index < -0.39 is 10.0 Å². The summed E-state index contributed by atoms with van der Waals surface area (Å²) in [5.41, 5.74) is 3.30. The van der Waals surface area contributed by atoms with Crippen molar-refractivity contribution < 1.29 is 13.2 Å². The number of rotatable bonds is 4. The molecular weight excluding hydrogens is 362 g/mol. The molecule has 0 aliphatic carbocycles. The first-order chi connectivity index (χ1) is 12.8. The summed E-state index contributed by atoms with van der Waals surface area (Å²) >= 11 is 0. The number of nitriles is 1. The molecule has 0 spiro atoms. The van der Waals surface area contributed by atoms with Crippen molar-refractivity contribution in [2.45, 2.75) is 37.7 Å². The number of anilines is 1. The molecule has 0 atom stereocenters. The molecule has 1 heterocycles. The van der Waals surface area contributed by atoms with E-state index in [1.807, 2.05) is 32.0 Å². The molecule has 7 heteroatoms. The van der Waals surface area contributed by atoms with Crippen LogP contribution in [0.5, 0.6) is 5.75 Å². The van der Waals surface area contributed by atoms with Crippen molar-refractivity contribution in [2.24, 2.45) is 5.14 Å². The highest BCUT2D eigenvalue weighted by Crippen LogP contribution is 2.29. The van der Waals surface area contributed by atoms with Crippen LogP contribution in [0.4, 0.5) is 5.69 Å². The van der Waals surface area contributed by atoms with Crippen LogP contribution in [0.2, 0.25) is 0 Å². The number of nitrogens with two attached hydrogens (primary N) is 1. The normalized spacial score (nSPS) is 15.4. The van der Waals surface area contributed by atoms with Gasteiger partial charge in [-0.3, -0.25) is 0 Å². The van der Waals surface area contributed by atoms with Crippen LogP contribution in [0.15, 0.2) is 41.3 Å². The maximum atomic E-state index is 11.5. The van der Waals surface area contributed by atoms with Crippen LogP contribution in [-0.2, 0) is 10.0 Å². The zero-order valence-corrected chi connectivity index (χ0v) is 16.3. The van der Waals surface area contributed by atoms with Crippen LogP contribution >= 0.6 is 0 Å². The van der Waals surface area contributed by atoms with Crippen LogP contribution in [0, 0.1) is 25.2 Å². The Balaban J connectivity index is 1.72. The highest BCUT2D eigenvalue weighted by atomic mass is 32.2. The number of hydrogen-bond donors (Lipinski definition) is 1. The van der Waals surface area contributed by atoms with Gasteiger partial charge in [0.2, 0.25) is 10.0 Å². The molecule has 3 rings (SSSR count). The van der Waals surface area contributed by atoms with Gasteiger partial charge in [-0.1, -0.05) is 18.2 Å². The topological polar surface area (TPSA) is 96.4 Å². The molecule has 1 fully saturated rings. The first-order valence-electron chi connectivity index (χ1n) is 8.84. The van der Waals surface area contributed by atoms with E-state index in [1.54, 1.807) is 6.07 Å². The van der Waals surface area contributed by atoms with Crippen molar-refractivity contribution >= 4 is 15.7 Å². The third kappa shape index (κ3) is 4.24. The minimum absolute atomic E-state index is 0.0453. The zero-order valence-electron chi connectivity index (χ0n) is 15.5. The Morgan fingerprint density at radius 1 is 1.15 bits per heavy atom. The predicted octanol–water partition coefficient (Wildman–Crippen LogP) is 2.87. The fourth-order valence-electron chi connectivity index (χ4n) is 3.42. The molecule has 0 saturated carbocycles. The standard InChI is InChI=1S/C20H23N3O3S/c1-14-4-3-5-15(2)20(14)26-17-8-10-23(11-9-17)19-7-6-18(27(22,24)25)12-16(19)13-21/h3-7,12,17H,8-11H2,1-2H3,(H2,22,24,25). The number of primary sulfonamides is 1. The number of nitrogens with zero attached hydrogens (tertiary/aromatic N) is 2. The van der Waals surface area contributed by atoms with Gasteiger partial charge < -0.3 is 9.64 Å².